The van der Waals surface area contributed by atoms with Crippen LogP contribution in [0.2, 0.25) is 5.02 Å². The number of nitrogens with one attached hydrogen (secondary N) is 2. The van der Waals surface area contributed by atoms with Crippen molar-refractivity contribution in [3.05, 3.63) is 89.1 Å². The van der Waals surface area contributed by atoms with E-state index in [1.807, 2.05) is 34.1 Å². The van der Waals surface area contributed by atoms with Crippen molar-refractivity contribution in [1.82, 2.24) is 20.1 Å². The fourth-order valence-electron chi connectivity index (χ4n) is 5.91. The van der Waals surface area contributed by atoms with E-state index in [9.17, 15) is 9.59 Å². The minimum atomic E-state index is -0.138. The number of aromatic amines is 1. The van der Waals surface area contributed by atoms with Crippen LogP contribution in [0.5, 0.6) is 0 Å². The Morgan fingerprint density at radius 3 is 2.69 bits per heavy atom. The first-order valence-corrected chi connectivity index (χ1v) is 13.8. The van der Waals surface area contributed by atoms with Gasteiger partial charge in [-0.25, -0.2) is 4.79 Å². The highest BCUT2D eigenvalue weighted by Crippen LogP contribution is 2.32. The number of anilines is 1. The largest absolute Gasteiger partial charge is 0.360 e. The molecule has 8 heteroatoms. The number of H-pyrrole nitrogens is 1. The minimum absolute atomic E-state index is 0.00199. The van der Waals surface area contributed by atoms with Crippen molar-refractivity contribution >= 4 is 40.1 Å². The van der Waals surface area contributed by atoms with Gasteiger partial charge in [0.05, 0.1) is 23.7 Å². The molecule has 2 aliphatic heterocycles. The van der Waals surface area contributed by atoms with Crippen molar-refractivity contribution in [3.63, 3.8) is 0 Å². The average molecular weight is 542 g/mol. The molecule has 6 rings (SSSR count). The summed E-state index contributed by atoms with van der Waals surface area (Å²) in [6.45, 7) is 2.11. The number of aromatic nitrogens is 1. The Kier molecular flexibility index (Phi) is 6.79. The summed E-state index contributed by atoms with van der Waals surface area (Å²) < 4.78 is 0. The summed E-state index contributed by atoms with van der Waals surface area (Å²) in [6, 6.07) is 22.0. The van der Waals surface area contributed by atoms with Crippen molar-refractivity contribution in [3.8, 4) is 11.1 Å². The fraction of sp³-hybridized carbons (Fsp3) is 0.290. The summed E-state index contributed by atoms with van der Waals surface area (Å²) >= 11 is 6.19. The molecule has 2 saturated heterocycles. The molecule has 3 amide bonds. The first-order chi connectivity index (χ1) is 18.9. The predicted molar refractivity (Wildman–Crippen MR) is 156 cm³/mol. The minimum Gasteiger partial charge on any atom is -0.360 e. The lowest BCUT2D eigenvalue weighted by Crippen LogP contribution is -2.54. The lowest BCUT2D eigenvalue weighted by Gasteiger charge is -2.35. The van der Waals surface area contributed by atoms with Crippen molar-refractivity contribution in [1.29, 1.82) is 0 Å². The number of carbonyl (C=O) groups excluding carboxylic acids is 2. The molecule has 39 heavy (non-hydrogen) atoms. The highest BCUT2D eigenvalue weighted by molar-refractivity contribution is 6.35. The normalized spacial score (nSPS) is 19.1. The number of carbonyl (C=O) groups is 2. The quantitative estimate of drug-likeness (QED) is 0.326. The van der Waals surface area contributed by atoms with Gasteiger partial charge >= 0.3 is 6.03 Å². The van der Waals surface area contributed by atoms with Gasteiger partial charge in [-0.05, 0) is 67.9 Å². The van der Waals surface area contributed by atoms with Crippen molar-refractivity contribution in [2.45, 2.75) is 31.5 Å². The maximum Gasteiger partial charge on any atom is 0.324 e. The van der Waals surface area contributed by atoms with Crippen molar-refractivity contribution in [2.24, 2.45) is 0 Å². The van der Waals surface area contributed by atoms with Gasteiger partial charge in [-0.2, -0.15) is 0 Å². The highest BCUT2D eigenvalue weighted by Gasteiger charge is 2.44. The second-order valence-corrected chi connectivity index (χ2v) is 11.1. The summed E-state index contributed by atoms with van der Waals surface area (Å²) in [7, 11) is 4.14. The monoisotopic (exact) mass is 541 g/mol. The van der Waals surface area contributed by atoms with E-state index < -0.39 is 0 Å². The zero-order valence-electron chi connectivity index (χ0n) is 22.2. The van der Waals surface area contributed by atoms with Gasteiger partial charge < -0.3 is 20.1 Å². The van der Waals surface area contributed by atoms with Gasteiger partial charge in [0, 0.05) is 41.4 Å². The van der Waals surface area contributed by atoms with Crippen LogP contribution >= 0.6 is 11.6 Å². The van der Waals surface area contributed by atoms with Gasteiger partial charge in [-0.3, -0.25) is 9.69 Å². The highest BCUT2D eigenvalue weighted by atomic mass is 35.5. The topological polar surface area (TPSA) is 71.7 Å². The molecule has 2 N–H and O–H groups in total. The van der Waals surface area contributed by atoms with Gasteiger partial charge in [0.15, 0.2) is 0 Å². The number of hydrogen-bond donors (Lipinski definition) is 2. The van der Waals surface area contributed by atoms with Crippen LogP contribution in [0.4, 0.5) is 10.5 Å². The van der Waals surface area contributed by atoms with Crippen molar-refractivity contribution < 1.29 is 9.59 Å². The summed E-state index contributed by atoms with van der Waals surface area (Å²) in [4.78, 5) is 35.6. The van der Waals surface area contributed by atoms with Gasteiger partial charge in [0.1, 0.15) is 0 Å². The van der Waals surface area contributed by atoms with Crippen LogP contribution in [0.3, 0.4) is 0 Å². The Morgan fingerprint density at radius 1 is 1.10 bits per heavy atom. The Hall–Kier alpha value is -3.81. The lowest BCUT2D eigenvalue weighted by atomic mass is 9.96. The standard InChI is InChI=1S/C31H32ClN5O2/c1-35(2)18-22-6-3-4-7-24(22)20-9-12-23(13-10-20)37-19-29-27(8-5-15-36(29)31(37)39)34-30(38)21-11-14-25-26(32)17-33-28(25)16-21/h3-4,6-7,9-14,16-17,27,29,33H,5,8,15,18-19H2,1-2H3,(H,34,38)/t27-,29-/m1/s1. The molecule has 4 aromatic rings. The number of nitrogens with zero attached hydrogens (tertiary/aromatic N) is 3. The van der Waals surface area contributed by atoms with E-state index in [0.29, 0.717) is 23.7 Å². The van der Waals surface area contributed by atoms with E-state index in [0.717, 1.165) is 41.5 Å². The number of urea groups is 1. The maximum atomic E-state index is 13.4. The van der Waals surface area contributed by atoms with Gasteiger partial charge in [0.25, 0.3) is 5.91 Å². The number of rotatable bonds is 6. The van der Waals surface area contributed by atoms with Gasteiger partial charge in [-0.15, -0.1) is 0 Å². The third-order valence-corrected chi connectivity index (χ3v) is 8.14. The summed E-state index contributed by atoms with van der Waals surface area (Å²) in [5, 5.41) is 4.74. The Morgan fingerprint density at radius 2 is 1.90 bits per heavy atom. The molecule has 7 nitrogen and oxygen atoms in total. The van der Waals surface area contributed by atoms with Crippen molar-refractivity contribution in [2.75, 3.05) is 32.1 Å². The summed E-state index contributed by atoms with van der Waals surface area (Å²) in [5.41, 5.74) is 5.87. The zero-order chi connectivity index (χ0) is 27.1. The summed E-state index contributed by atoms with van der Waals surface area (Å²) in [5.74, 6) is -0.138. The Balaban J connectivity index is 1.18. The molecule has 1 aromatic heterocycles. The van der Waals surface area contributed by atoms with Crippen LogP contribution < -0.4 is 10.2 Å². The van der Waals surface area contributed by atoms with E-state index in [1.54, 1.807) is 12.3 Å². The number of amides is 3. The molecule has 2 fully saturated rings. The van der Waals surface area contributed by atoms with E-state index in [1.165, 1.54) is 11.1 Å². The van der Waals surface area contributed by atoms with Crippen LogP contribution in [0, 0.1) is 0 Å². The smallest absolute Gasteiger partial charge is 0.324 e. The SMILES string of the molecule is CN(C)Cc1ccccc1-c1ccc(N2C[C@@H]3[C@H](NC(=O)c4ccc5c(Cl)c[nH]c5c4)CCCN3C2=O)cc1. The second-order valence-electron chi connectivity index (χ2n) is 10.7. The van der Waals surface area contributed by atoms with E-state index in [2.05, 4.69) is 65.7 Å². The van der Waals surface area contributed by atoms with Crippen LogP contribution in [0.25, 0.3) is 22.0 Å². The molecule has 0 spiro atoms. The molecule has 2 aliphatic rings. The van der Waals surface area contributed by atoms with Gasteiger partial charge in [-0.1, -0.05) is 54.1 Å². The molecule has 3 aromatic carbocycles. The molecule has 0 bridgehead atoms. The first-order valence-electron chi connectivity index (χ1n) is 13.4. The molecular weight excluding hydrogens is 510 g/mol. The molecule has 0 radical (unpaired) electrons. The molecular formula is C31H32ClN5O2. The molecule has 2 atom stereocenters. The molecule has 200 valence electrons. The molecule has 0 saturated carbocycles. The third-order valence-electron chi connectivity index (χ3n) is 7.83. The van der Waals surface area contributed by atoms with E-state index in [-0.39, 0.29) is 24.0 Å². The zero-order valence-corrected chi connectivity index (χ0v) is 22.9. The van der Waals surface area contributed by atoms with Crippen LogP contribution in [0.15, 0.2) is 72.9 Å². The van der Waals surface area contributed by atoms with Crippen LogP contribution in [-0.2, 0) is 6.54 Å². The number of benzene rings is 3. The van der Waals surface area contributed by atoms with E-state index >= 15 is 0 Å². The Bertz CT molecular complexity index is 1530. The summed E-state index contributed by atoms with van der Waals surface area (Å²) in [6.07, 6.45) is 3.42. The fourth-order valence-corrected chi connectivity index (χ4v) is 6.13. The van der Waals surface area contributed by atoms with E-state index in [4.69, 9.17) is 11.6 Å². The number of hydrogen-bond acceptors (Lipinski definition) is 3. The molecule has 0 aliphatic carbocycles. The molecule has 3 heterocycles. The first kappa shape index (κ1) is 25.5. The Labute approximate surface area is 233 Å². The second kappa shape index (κ2) is 10.4. The van der Waals surface area contributed by atoms with Gasteiger partial charge in [0.2, 0.25) is 0 Å². The van der Waals surface area contributed by atoms with Crippen LogP contribution in [0.1, 0.15) is 28.8 Å². The average Bonchev–Trinajstić information content (AvgIpc) is 3.48. The third kappa shape index (κ3) is 4.88. The molecule has 0 unspecified atom stereocenters. The number of piperidine rings is 1. The van der Waals surface area contributed by atoms with Crippen LogP contribution in [-0.4, -0.2) is 66.0 Å². The number of halogens is 1. The number of fused-ring (bicyclic) bond motifs is 2. The lowest BCUT2D eigenvalue weighted by molar-refractivity contribution is 0.0887. The predicted octanol–water partition coefficient (Wildman–Crippen LogP) is 5.75. The maximum absolute atomic E-state index is 13.4.